The molecule has 3 nitrogen and oxygen atoms in total. The lowest BCUT2D eigenvalue weighted by atomic mass is 9.49. The molecule has 0 radical (unpaired) electrons. The van der Waals surface area contributed by atoms with Gasteiger partial charge in [-0.3, -0.25) is 4.79 Å². The molecule has 138 valence electrons. The summed E-state index contributed by atoms with van der Waals surface area (Å²) in [4.78, 5) is 11.5. The monoisotopic (exact) mass is 342 g/mol. The molecule has 1 fully saturated rings. The highest BCUT2D eigenvalue weighted by Crippen LogP contribution is 2.57. The van der Waals surface area contributed by atoms with E-state index in [1.54, 1.807) is 6.92 Å². The van der Waals surface area contributed by atoms with Crippen molar-refractivity contribution < 1.29 is 4.79 Å². The molecule has 0 heterocycles. The SMILES string of the molecule is CC(=O)NCC1(C)CCCC2(C)c3cc(N)c(C(C)C)cc3CCC12. The largest absolute Gasteiger partial charge is 0.398 e. The number of aryl methyl sites for hydroxylation is 1. The molecular weight excluding hydrogens is 308 g/mol. The first-order valence-corrected chi connectivity index (χ1v) is 9.84. The van der Waals surface area contributed by atoms with Crippen LogP contribution in [0, 0.1) is 11.3 Å². The number of anilines is 1. The van der Waals surface area contributed by atoms with Crippen molar-refractivity contribution in [2.24, 2.45) is 11.3 Å². The number of carbonyl (C=O) groups excluding carboxylic acids is 1. The van der Waals surface area contributed by atoms with Gasteiger partial charge in [0.15, 0.2) is 0 Å². The number of fused-ring (bicyclic) bond motifs is 3. The first-order valence-electron chi connectivity index (χ1n) is 9.84. The van der Waals surface area contributed by atoms with Crippen LogP contribution in [0.1, 0.15) is 82.9 Å². The lowest BCUT2D eigenvalue weighted by molar-refractivity contribution is -0.120. The Morgan fingerprint density at radius 1 is 1.32 bits per heavy atom. The Bertz CT molecular complexity index is 681. The fourth-order valence-electron chi connectivity index (χ4n) is 5.72. The van der Waals surface area contributed by atoms with Crippen molar-refractivity contribution in [2.45, 2.75) is 78.1 Å². The van der Waals surface area contributed by atoms with Crippen LogP contribution in [0.25, 0.3) is 0 Å². The van der Waals surface area contributed by atoms with E-state index >= 15 is 0 Å². The van der Waals surface area contributed by atoms with E-state index in [-0.39, 0.29) is 16.7 Å². The highest BCUT2D eigenvalue weighted by Gasteiger charge is 2.51. The van der Waals surface area contributed by atoms with Gasteiger partial charge < -0.3 is 11.1 Å². The molecule has 25 heavy (non-hydrogen) atoms. The van der Waals surface area contributed by atoms with Gasteiger partial charge in [0.25, 0.3) is 0 Å². The van der Waals surface area contributed by atoms with Crippen LogP contribution in [0.4, 0.5) is 5.69 Å². The van der Waals surface area contributed by atoms with Gasteiger partial charge in [-0.2, -0.15) is 0 Å². The fourth-order valence-corrected chi connectivity index (χ4v) is 5.72. The van der Waals surface area contributed by atoms with Crippen molar-refractivity contribution in [1.29, 1.82) is 0 Å². The van der Waals surface area contributed by atoms with E-state index in [0.717, 1.165) is 18.7 Å². The van der Waals surface area contributed by atoms with E-state index in [9.17, 15) is 4.79 Å². The molecule has 1 aromatic rings. The lowest BCUT2D eigenvalue weighted by Gasteiger charge is -2.55. The molecule has 0 spiro atoms. The molecule has 1 saturated carbocycles. The molecule has 0 aliphatic heterocycles. The second-order valence-corrected chi connectivity index (χ2v) is 9.22. The number of nitrogens with one attached hydrogen (secondary N) is 1. The summed E-state index contributed by atoms with van der Waals surface area (Å²) in [5, 5.41) is 3.10. The van der Waals surface area contributed by atoms with E-state index in [1.807, 2.05) is 0 Å². The Labute approximate surface area is 152 Å². The quantitative estimate of drug-likeness (QED) is 0.792. The summed E-state index contributed by atoms with van der Waals surface area (Å²) < 4.78 is 0. The third-order valence-electron chi connectivity index (χ3n) is 7.04. The zero-order chi connectivity index (χ0) is 18.4. The van der Waals surface area contributed by atoms with Crippen LogP contribution in [-0.2, 0) is 16.6 Å². The summed E-state index contributed by atoms with van der Waals surface area (Å²) in [6, 6.07) is 4.65. The first-order chi connectivity index (χ1) is 11.7. The smallest absolute Gasteiger partial charge is 0.216 e. The maximum Gasteiger partial charge on any atom is 0.216 e. The van der Waals surface area contributed by atoms with Crippen LogP contribution in [0.3, 0.4) is 0 Å². The molecule has 3 heteroatoms. The standard InChI is InChI=1S/C22H34N2O/c1-14(2)17-11-16-7-8-20-21(4,13-24-15(3)25)9-6-10-22(20,5)18(16)12-19(17)23/h11-12,14,20H,6-10,13,23H2,1-5H3,(H,24,25). The highest BCUT2D eigenvalue weighted by atomic mass is 16.1. The highest BCUT2D eigenvalue weighted by molar-refractivity contribution is 5.72. The van der Waals surface area contributed by atoms with Crippen molar-refractivity contribution in [3.05, 3.63) is 28.8 Å². The molecule has 3 atom stereocenters. The normalized spacial score (nSPS) is 31.4. The minimum Gasteiger partial charge on any atom is -0.398 e. The average Bonchev–Trinajstić information content (AvgIpc) is 2.53. The van der Waals surface area contributed by atoms with Gasteiger partial charge >= 0.3 is 0 Å². The van der Waals surface area contributed by atoms with Gasteiger partial charge in [-0.05, 0) is 71.1 Å². The van der Waals surface area contributed by atoms with Gasteiger partial charge in [0.2, 0.25) is 5.91 Å². The van der Waals surface area contributed by atoms with Crippen LogP contribution in [0.15, 0.2) is 12.1 Å². The van der Waals surface area contributed by atoms with Gasteiger partial charge in [0.05, 0.1) is 0 Å². The van der Waals surface area contributed by atoms with Crippen LogP contribution in [0.5, 0.6) is 0 Å². The van der Waals surface area contributed by atoms with Crippen LogP contribution < -0.4 is 11.1 Å². The topological polar surface area (TPSA) is 55.1 Å². The number of nitrogens with two attached hydrogens (primary N) is 1. The summed E-state index contributed by atoms with van der Waals surface area (Å²) >= 11 is 0. The molecule has 0 saturated heterocycles. The predicted octanol–water partition coefficient (Wildman–Crippen LogP) is 4.54. The minimum atomic E-state index is 0.0792. The second kappa shape index (κ2) is 6.34. The van der Waals surface area contributed by atoms with Crippen molar-refractivity contribution in [2.75, 3.05) is 12.3 Å². The van der Waals surface area contributed by atoms with Gasteiger partial charge in [-0.1, -0.05) is 40.2 Å². The van der Waals surface area contributed by atoms with Gasteiger partial charge in [-0.25, -0.2) is 0 Å². The van der Waals surface area contributed by atoms with Gasteiger partial charge in [-0.15, -0.1) is 0 Å². The van der Waals surface area contributed by atoms with Crippen LogP contribution >= 0.6 is 0 Å². The molecule has 0 aromatic heterocycles. The summed E-state index contributed by atoms with van der Waals surface area (Å²) in [6.45, 7) is 11.7. The van der Waals surface area contributed by atoms with Crippen molar-refractivity contribution in [3.8, 4) is 0 Å². The molecular formula is C22H34N2O. The number of benzene rings is 1. The Morgan fingerprint density at radius 2 is 2.04 bits per heavy atom. The van der Waals surface area contributed by atoms with Crippen molar-refractivity contribution >= 4 is 11.6 Å². The maximum absolute atomic E-state index is 11.5. The molecule has 3 unspecified atom stereocenters. The average molecular weight is 343 g/mol. The van der Waals surface area contributed by atoms with Crippen molar-refractivity contribution in [3.63, 3.8) is 0 Å². The molecule has 1 amide bonds. The van der Waals surface area contributed by atoms with Crippen molar-refractivity contribution in [1.82, 2.24) is 5.32 Å². The van der Waals surface area contributed by atoms with Crippen LogP contribution in [-0.4, -0.2) is 12.5 Å². The minimum absolute atomic E-state index is 0.0792. The number of carbonyl (C=O) groups is 1. The number of rotatable bonds is 3. The third kappa shape index (κ3) is 3.07. The number of nitrogen functional groups attached to an aromatic ring is 1. The Balaban J connectivity index is 2.01. The molecule has 3 rings (SSSR count). The zero-order valence-corrected chi connectivity index (χ0v) is 16.5. The summed E-state index contributed by atoms with van der Waals surface area (Å²) in [6.07, 6.45) is 5.98. The summed E-state index contributed by atoms with van der Waals surface area (Å²) in [5.74, 6) is 1.14. The predicted molar refractivity (Wildman–Crippen MR) is 105 cm³/mol. The van der Waals surface area contributed by atoms with E-state index in [0.29, 0.717) is 11.8 Å². The molecule has 3 N–H and O–H groups in total. The molecule has 1 aromatic carbocycles. The van der Waals surface area contributed by atoms with Crippen LogP contribution in [0.2, 0.25) is 0 Å². The summed E-state index contributed by atoms with van der Waals surface area (Å²) in [7, 11) is 0. The summed E-state index contributed by atoms with van der Waals surface area (Å²) in [5.41, 5.74) is 12.0. The zero-order valence-electron chi connectivity index (χ0n) is 16.5. The Kier molecular flexibility index (Phi) is 4.63. The molecule has 0 bridgehead atoms. The van der Waals surface area contributed by atoms with E-state index in [2.05, 4.69) is 45.1 Å². The van der Waals surface area contributed by atoms with Gasteiger partial charge in [0, 0.05) is 19.2 Å². The second-order valence-electron chi connectivity index (χ2n) is 9.22. The molecule has 2 aliphatic carbocycles. The number of hydrogen-bond acceptors (Lipinski definition) is 2. The maximum atomic E-state index is 11.5. The Hall–Kier alpha value is -1.51. The van der Waals surface area contributed by atoms with E-state index in [4.69, 9.17) is 5.73 Å². The number of amides is 1. The number of hydrogen-bond donors (Lipinski definition) is 2. The lowest BCUT2D eigenvalue weighted by Crippen LogP contribution is -2.53. The van der Waals surface area contributed by atoms with E-state index < -0.39 is 0 Å². The third-order valence-corrected chi connectivity index (χ3v) is 7.04. The fraction of sp³-hybridized carbons (Fsp3) is 0.682. The molecule has 2 aliphatic rings. The Morgan fingerprint density at radius 3 is 2.68 bits per heavy atom. The first kappa shape index (κ1) is 18.3. The van der Waals surface area contributed by atoms with Gasteiger partial charge in [0.1, 0.15) is 0 Å². The van der Waals surface area contributed by atoms with E-state index in [1.165, 1.54) is 42.4 Å².